The van der Waals surface area contributed by atoms with Crippen LogP contribution < -0.4 is 0 Å². The van der Waals surface area contributed by atoms with E-state index in [1.807, 2.05) is 20.8 Å². The van der Waals surface area contributed by atoms with E-state index < -0.39 is 12.5 Å². The normalized spacial score (nSPS) is 11.7. The molecule has 1 heterocycles. The summed E-state index contributed by atoms with van der Waals surface area (Å²) in [5, 5.41) is 3.99. The lowest BCUT2D eigenvalue weighted by molar-refractivity contribution is 0.0958. The Balaban J connectivity index is 2.93. The Morgan fingerprint density at radius 1 is 1.62 bits per heavy atom. The van der Waals surface area contributed by atoms with Crippen LogP contribution >= 0.6 is 0 Å². The van der Waals surface area contributed by atoms with Gasteiger partial charge in [0.05, 0.1) is 17.3 Å². The first kappa shape index (κ1) is 9.89. The van der Waals surface area contributed by atoms with Crippen LogP contribution in [0.3, 0.4) is 0 Å². The zero-order valence-corrected chi connectivity index (χ0v) is 8.04. The molecule has 0 N–H and O–H groups in total. The monoisotopic (exact) mass is 184 g/mol. The third kappa shape index (κ3) is 2.14. The number of hydrogen-bond donors (Lipinski definition) is 0. The van der Waals surface area contributed by atoms with Crippen molar-refractivity contribution >= 4 is 5.78 Å². The SMILES string of the molecule is CC(C)(C)n1cc(C(=O)CF)cn1. The van der Waals surface area contributed by atoms with Gasteiger partial charge in [-0.1, -0.05) is 0 Å². The second-order valence-corrected chi connectivity index (χ2v) is 3.90. The van der Waals surface area contributed by atoms with E-state index in [1.54, 1.807) is 10.9 Å². The number of halogens is 1. The molecule has 0 aliphatic rings. The molecule has 3 nitrogen and oxygen atoms in total. The average Bonchev–Trinajstić information content (AvgIpc) is 2.50. The van der Waals surface area contributed by atoms with E-state index in [1.165, 1.54) is 6.20 Å². The van der Waals surface area contributed by atoms with Gasteiger partial charge >= 0.3 is 0 Å². The summed E-state index contributed by atoms with van der Waals surface area (Å²) < 4.78 is 13.6. The maximum Gasteiger partial charge on any atom is 0.196 e. The van der Waals surface area contributed by atoms with Crippen LogP contribution in [0.15, 0.2) is 12.4 Å². The van der Waals surface area contributed by atoms with Gasteiger partial charge in [0.15, 0.2) is 12.5 Å². The first-order chi connectivity index (χ1) is 5.95. The molecule has 1 rings (SSSR count). The van der Waals surface area contributed by atoms with Gasteiger partial charge in [-0.05, 0) is 20.8 Å². The van der Waals surface area contributed by atoms with Crippen LogP contribution in [0.5, 0.6) is 0 Å². The fourth-order valence-electron chi connectivity index (χ4n) is 0.911. The van der Waals surface area contributed by atoms with E-state index in [-0.39, 0.29) is 5.54 Å². The summed E-state index contributed by atoms with van der Waals surface area (Å²) in [7, 11) is 0. The van der Waals surface area contributed by atoms with Gasteiger partial charge < -0.3 is 0 Å². The molecule has 1 aromatic heterocycles. The molecule has 0 radical (unpaired) electrons. The Bertz CT molecular complexity index is 312. The molecule has 0 aromatic carbocycles. The zero-order chi connectivity index (χ0) is 10.1. The number of Topliss-reactive ketones (excluding diaryl/α,β-unsaturated/α-hetero) is 1. The molecule has 0 bridgehead atoms. The number of ketones is 1. The highest BCUT2D eigenvalue weighted by molar-refractivity contribution is 5.96. The molecule has 1 aromatic rings. The van der Waals surface area contributed by atoms with Gasteiger partial charge in [0.2, 0.25) is 0 Å². The van der Waals surface area contributed by atoms with E-state index in [2.05, 4.69) is 5.10 Å². The van der Waals surface area contributed by atoms with Gasteiger partial charge in [0.25, 0.3) is 0 Å². The zero-order valence-electron chi connectivity index (χ0n) is 8.04. The highest BCUT2D eigenvalue weighted by Crippen LogP contribution is 2.13. The van der Waals surface area contributed by atoms with Crippen molar-refractivity contribution in [2.45, 2.75) is 26.3 Å². The number of nitrogens with zero attached hydrogens (tertiary/aromatic N) is 2. The minimum Gasteiger partial charge on any atom is -0.291 e. The minimum absolute atomic E-state index is 0.172. The Hall–Kier alpha value is -1.19. The molecule has 0 saturated carbocycles. The molecule has 0 saturated heterocycles. The number of rotatable bonds is 2. The molecular weight excluding hydrogens is 171 g/mol. The van der Waals surface area contributed by atoms with E-state index in [0.717, 1.165) is 0 Å². The van der Waals surface area contributed by atoms with E-state index in [0.29, 0.717) is 5.56 Å². The average molecular weight is 184 g/mol. The van der Waals surface area contributed by atoms with Gasteiger partial charge in [-0.15, -0.1) is 0 Å². The summed E-state index contributed by atoms with van der Waals surface area (Å²) in [5.41, 5.74) is 0.159. The minimum atomic E-state index is -0.962. The third-order valence-electron chi connectivity index (χ3n) is 1.71. The van der Waals surface area contributed by atoms with Gasteiger partial charge in [0.1, 0.15) is 0 Å². The fraction of sp³-hybridized carbons (Fsp3) is 0.556. The molecule has 4 heteroatoms. The van der Waals surface area contributed by atoms with Crippen molar-refractivity contribution < 1.29 is 9.18 Å². The summed E-state index contributed by atoms with van der Waals surface area (Å²) in [5.74, 6) is -0.518. The summed E-state index contributed by atoms with van der Waals surface area (Å²) in [6.07, 6.45) is 2.97. The van der Waals surface area contributed by atoms with Crippen LogP contribution in [-0.4, -0.2) is 22.2 Å². The van der Waals surface area contributed by atoms with Crippen molar-refractivity contribution in [3.8, 4) is 0 Å². The lowest BCUT2D eigenvalue weighted by atomic mass is 10.1. The Kier molecular flexibility index (Phi) is 2.50. The van der Waals surface area contributed by atoms with E-state index in [4.69, 9.17) is 0 Å². The smallest absolute Gasteiger partial charge is 0.196 e. The highest BCUT2D eigenvalue weighted by Gasteiger charge is 2.16. The topological polar surface area (TPSA) is 34.9 Å². The number of aromatic nitrogens is 2. The van der Waals surface area contributed by atoms with E-state index >= 15 is 0 Å². The van der Waals surface area contributed by atoms with Crippen molar-refractivity contribution in [3.63, 3.8) is 0 Å². The van der Waals surface area contributed by atoms with Crippen molar-refractivity contribution in [2.24, 2.45) is 0 Å². The summed E-state index contributed by atoms with van der Waals surface area (Å²) in [4.78, 5) is 10.9. The maximum atomic E-state index is 12.0. The molecule has 13 heavy (non-hydrogen) atoms. The van der Waals surface area contributed by atoms with Crippen LogP contribution in [-0.2, 0) is 5.54 Å². The molecule has 0 aliphatic carbocycles. The van der Waals surface area contributed by atoms with Gasteiger partial charge in [-0.3, -0.25) is 9.48 Å². The van der Waals surface area contributed by atoms with Gasteiger partial charge in [-0.25, -0.2) is 4.39 Å². The van der Waals surface area contributed by atoms with Crippen molar-refractivity contribution in [3.05, 3.63) is 18.0 Å². The highest BCUT2D eigenvalue weighted by atomic mass is 19.1. The quantitative estimate of drug-likeness (QED) is 0.657. The fourth-order valence-corrected chi connectivity index (χ4v) is 0.911. The van der Waals surface area contributed by atoms with Crippen LogP contribution in [0.25, 0.3) is 0 Å². The summed E-state index contributed by atoms with van der Waals surface area (Å²) >= 11 is 0. The van der Waals surface area contributed by atoms with Crippen molar-refractivity contribution in [2.75, 3.05) is 6.67 Å². The van der Waals surface area contributed by atoms with Crippen molar-refractivity contribution in [1.29, 1.82) is 0 Å². The van der Waals surface area contributed by atoms with Crippen LogP contribution in [0.1, 0.15) is 31.1 Å². The Morgan fingerprint density at radius 2 is 2.23 bits per heavy atom. The van der Waals surface area contributed by atoms with Crippen LogP contribution in [0.4, 0.5) is 4.39 Å². The Morgan fingerprint density at radius 3 is 2.62 bits per heavy atom. The number of carbonyl (C=O) groups is 1. The lowest BCUT2D eigenvalue weighted by Crippen LogP contribution is -2.22. The molecule has 0 unspecified atom stereocenters. The second-order valence-electron chi connectivity index (χ2n) is 3.90. The van der Waals surface area contributed by atoms with Crippen molar-refractivity contribution in [1.82, 2.24) is 9.78 Å². The standard InChI is InChI=1S/C9H13FN2O/c1-9(2,3)12-6-7(5-11-12)8(13)4-10/h5-6H,4H2,1-3H3. The van der Waals surface area contributed by atoms with Crippen LogP contribution in [0, 0.1) is 0 Å². The summed E-state index contributed by atoms with van der Waals surface area (Å²) in [6.45, 7) is 4.92. The molecule has 72 valence electrons. The summed E-state index contributed by atoms with van der Waals surface area (Å²) in [6, 6.07) is 0. The first-order valence-electron chi connectivity index (χ1n) is 4.09. The maximum absolute atomic E-state index is 12.0. The molecule has 0 atom stereocenters. The lowest BCUT2D eigenvalue weighted by Gasteiger charge is -2.18. The predicted octanol–water partition coefficient (Wildman–Crippen LogP) is 1.79. The van der Waals surface area contributed by atoms with Crippen LogP contribution in [0.2, 0.25) is 0 Å². The molecule has 0 aliphatic heterocycles. The Labute approximate surface area is 76.6 Å². The molecule has 0 fully saturated rings. The molecule has 0 amide bonds. The first-order valence-corrected chi connectivity index (χ1v) is 4.09. The number of hydrogen-bond acceptors (Lipinski definition) is 2. The third-order valence-corrected chi connectivity index (χ3v) is 1.71. The van der Waals surface area contributed by atoms with Gasteiger partial charge in [-0.2, -0.15) is 5.10 Å². The predicted molar refractivity (Wildman–Crippen MR) is 47.5 cm³/mol. The second kappa shape index (κ2) is 3.28. The number of alkyl halides is 1. The molecular formula is C9H13FN2O. The molecule has 0 spiro atoms. The number of carbonyl (C=O) groups excluding carboxylic acids is 1. The van der Waals surface area contributed by atoms with Gasteiger partial charge in [0, 0.05) is 6.20 Å². The van der Waals surface area contributed by atoms with E-state index in [9.17, 15) is 9.18 Å². The largest absolute Gasteiger partial charge is 0.291 e.